The first-order valence-electron chi connectivity index (χ1n) is 11.2. The van der Waals surface area contributed by atoms with E-state index in [-0.39, 0.29) is 25.2 Å². The van der Waals surface area contributed by atoms with E-state index >= 15 is 0 Å². The second kappa shape index (κ2) is 12.6. The minimum absolute atomic E-state index is 0.0316. The number of carbonyl (C=O) groups excluding carboxylic acids is 1. The molecule has 0 aromatic heterocycles. The maximum atomic E-state index is 12.7. The van der Waals surface area contributed by atoms with Gasteiger partial charge >= 0.3 is 0 Å². The maximum absolute atomic E-state index is 12.7. The van der Waals surface area contributed by atoms with Gasteiger partial charge in [0.1, 0.15) is 12.4 Å². The molecule has 1 heterocycles. The average Bonchev–Trinajstić information content (AvgIpc) is 2.78. The third-order valence-corrected chi connectivity index (χ3v) is 5.07. The second-order valence-electron chi connectivity index (χ2n) is 8.20. The van der Waals surface area contributed by atoms with Gasteiger partial charge in [0.05, 0.1) is 32.0 Å². The van der Waals surface area contributed by atoms with Crippen LogP contribution in [0, 0.1) is 0 Å². The summed E-state index contributed by atoms with van der Waals surface area (Å²) >= 11 is 0. The summed E-state index contributed by atoms with van der Waals surface area (Å²) < 4.78 is 17.0. The lowest BCUT2D eigenvalue weighted by Gasteiger charge is -2.16. The van der Waals surface area contributed by atoms with E-state index in [1.807, 2.05) is 32.0 Å². The normalized spacial score (nSPS) is 15.9. The molecule has 1 amide bonds. The van der Waals surface area contributed by atoms with Crippen LogP contribution in [0.4, 0.5) is 0 Å². The number of hydrogen-bond donors (Lipinski definition) is 3. The Labute approximate surface area is 190 Å². The summed E-state index contributed by atoms with van der Waals surface area (Å²) in [6.07, 6.45) is -0.0711. The van der Waals surface area contributed by atoms with E-state index in [1.165, 1.54) is 5.56 Å². The molecule has 7 heteroatoms. The number of benzene rings is 2. The molecule has 32 heavy (non-hydrogen) atoms. The molecule has 0 saturated carbocycles. The molecule has 1 atom stereocenters. The summed E-state index contributed by atoms with van der Waals surface area (Å²) in [6.45, 7) is 7.27. The van der Waals surface area contributed by atoms with Crippen molar-refractivity contribution in [3.05, 3.63) is 64.7 Å². The van der Waals surface area contributed by atoms with Gasteiger partial charge < -0.3 is 30.0 Å². The van der Waals surface area contributed by atoms with Crippen LogP contribution < -0.4 is 15.4 Å². The van der Waals surface area contributed by atoms with E-state index in [2.05, 4.69) is 28.8 Å². The maximum Gasteiger partial charge on any atom is 0.251 e. The molecule has 3 rings (SSSR count). The van der Waals surface area contributed by atoms with Gasteiger partial charge in [-0.1, -0.05) is 24.3 Å². The topological polar surface area (TPSA) is 89.1 Å². The van der Waals surface area contributed by atoms with Crippen molar-refractivity contribution in [1.82, 2.24) is 10.6 Å². The number of ether oxygens (including phenoxy) is 3. The number of aliphatic hydroxyl groups excluding tert-OH is 1. The molecule has 1 aliphatic heterocycles. The molecule has 7 nitrogen and oxygen atoms in total. The third-order valence-electron chi connectivity index (χ3n) is 5.07. The van der Waals surface area contributed by atoms with E-state index in [0.29, 0.717) is 31.8 Å². The Bertz CT molecular complexity index is 871. The molecule has 0 radical (unpaired) electrons. The molecule has 174 valence electrons. The summed E-state index contributed by atoms with van der Waals surface area (Å²) in [6, 6.07) is 13.8. The summed E-state index contributed by atoms with van der Waals surface area (Å²) in [4.78, 5) is 12.7. The Morgan fingerprint density at radius 2 is 2.00 bits per heavy atom. The molecule has 0 aliphatic carbocycles. The lowest BCUT2D eigenvalue weighted by atomic mass is 9.99. The predicted octanol–water partition coefficient (Wildman–Crippen LogP) is 2.29. The van der Waals surface area contributed by atoms with Crippen LogP contribution in [0.3, 0.4) is 0 Å². The Morgan fingerprint density at radius 1 is 1.16 bits per heavy atom. The van der Waals surface area contributed by atoms with Crippen molar-refractivity contribution < 1.29 is 24.1 Å². The third kappa shape index (κ3) is 7.91. The van der Waals surface area contributed by atoms with Crippen LogP contribution in [0.1, 0.15) is 40.9 Å². The van der Waals surface area contributed by atoms with Crippen molar-refractivity contribution in [1.29, 1.82) is 0 Å². The predicted molar refractivity (Wildman–Crippen MR) is 123 cm³/mol. The molecule has 2 bridgehead atoms. The Morgan fingerprint density at radius 3 is 2.84 bits per heavy atom. The van der Waals surface area contributed by atoms with Crippen LogP contribution in [0.2, 0.25) is 0 Å². The van der Waals surface area contributed by atoms with Crippen molar-refractivity contribution in [2.24, 2.45) is 0 Å². The first kappa shape index (κ1) is 24.2. The quantitative estimate of drug-likeness (QED) is 0.636. The monoisotopic (exact) mass is 442 g/mol. The zero-order valence-electron chi connectivity index (χ0n) is 18.9. The first-order valence-corrected chi connectivity index (χ1v) is 11.2. The summed E-state index contributed by atoms with van der Waals surface area (Å²) in [5.74, 6) is 0.508. The van der Waals surface area contributed by atoms with Gasteiger partial charge in [0.2, 0.25) is 0 Å². The van der Waals surface area contributed by atoms with Crippen molar-refractivity contribution in [3.8, 4) is 5.75 Å². The molecule has 2 aromatic carbocycles. The van der Waals surface area contributed by atoms with Crippen LogP contribution in [-0.4, -0.2) is 62.7 Å². The van der Waals surface area contributed by atoms with Gasteiger partial charge in [-0.15, -0.1) is 0 Å². The van der Waals surface area contributed by atoms with Gasteiger partial charge in [-0.2, -0.15) is 0 Å². The van der Waals surface area contributed by atoms with Gasteiger partial charge in [-0.3, -0.25) is 4.79 Å². The van der Waals surface area contributed by atoms with E-state index in [9.17, 15) is 9.90 Å². The molecular weight excluding hydrogens is 408 g/mol. The number of fused-ring (bicyclic) bond motifs is 3. The molecule has 1 aliphatic rings. The van der Waals surface area contributed by atoms with E-state index < -0.39 is 6.10 Å². The van der Waals surface area contributed by atoms with Gasteiger partial charge in [0, 0.05) is 31.6 Å². The van der Waals surface area contributed by atoms with Gasteiger partial charge in [-0.05, 0) is 48.7 Å². The van der Waals surface area contributed by atoms with Crippen molar-refractivity contribution in [3.63, 3.8) is 0 Å². The van der Waals surface area contributed by atoms with E-state index in [1.54, 1.807) is 6.07 Å². The SMILES string of the molecule is CC(C)OCC(O)CNC(=O)c1ccc2c(c1)Cc1cccc(c1)CNCCOCCO2. The zero-order chi connectivity index (χ0) is 22.8. The molecule has 0 spiro atoms. The number of nitrogens with one attached hydrogen (secondary N) is 2. The highest BCUT2D eigenvalue weighted by atomic mass is 16.5. The van der Waals surface area contributed by atoms with Crippen molar-refractivity contribution >= 4 is 5.91 Å². The zero-order valence-corrected chi connectivity index (χ0v) is 18.9. The lowest BCUT2D eigenvalue weighted by Crippen LogP contribution is -2.35. The van der Waals surface area contributed by atoms with Gasteiger partial charge in [0.25, 0.3) is 5.91 Å². The van der Waals surface area contributed by atoms with Crippen molar-refractivity contribution in [2.75, 3.05) is 39.5 Å². The van der Waals surface area contributed by atoms with Crippen LogP contribution >= 0.6 is 0 Å². The Hall–Kier alpha value is -2.45. The Kier molecular flexibility index (Phi) is 9.49. The summed E-state index contributed by atoms with van der Waals surface area (Å²) in [7, 11) is 0. The highest BCUT2D eigenvalue weighted by molar-refractivity contribution is 5.94. The van der Waals surface area contributed by atoms with Gasteiger partial charge in [0.15, 0.2) is 0 Å². The standard InChI is InChI=1S/C25H34N2O5/c1-18(2)32-17-23(28)16-27-25(29)21-6-7-24-22(14-21)13-19-4-3-5-20(12-19)15-26-8-9-30-10-11-31-24/h3-7,12,14,18,23,26,28H,8-11,13,15-17H2,1-2H3,(H,27,29). The molecule has 1 unspecified atom stereocenters. The highest BCUT2D eigenvalue weighted by Gasteiger charge is 2.14. The largest absolute Gasteiger partial charge is 0.491 e. The van der Waals surface area contributed by atoms with Gasteiger partial charge in [-0.25, -0.2) is 0 Å². The summed E-state index contributed by atoms with van der Waals surface area (Å²) in [5.41, 5.74) is 3.82. The van der Waals surface area contributed by atoms with E-state index in [4.69, 9.17) is 14.2 Å². The number of hydrogen-bond acceptors (Lipinski definition) is 6. The minimum atomic E-state index is -0.752. The van der Waals surface area contributed by atoms with Crippen LogP contribution in [0.5, 0.6) is 5.75 Å². The minimum Gasteiger partial charge on any atom is -0.491 e. The fourth-order valence-electron chi connectivity index (χ4n) is 3.43. The number of carbonyl (C=O) groups is 1. The van der Waals surface area contributed by atoms with Crippen LogP contribution in [0.15, 0.2) is 42.5 Å². The second-order valence-corrected chi connectivity index (χ2v) is 8.20. The lowest BCUT2D eigenvalue weighted by molar-refractivity contribution is 0.00664. The van der Waals surface area contributed by atoms with E-state index in [0.717, 1.165) is 30.0 Å². The molecule has 0 fully saturated rings. The number of amides is 1. The first-order chi connectivity index (χ1) is 15.5. The molecule has 2 aromatic rings. The van der Waals surface area contributed by atoms with Crippen LogP contribution in [-0.2, 0) is 22.4 Å². The van der Waals surface area contributed by atoms with Crippen LogP contribution in [0.25, 0.3) is 0 Å². The molecule has 0 saturated heterocycles. The fourth-order valence-corrected chi connectivity index (χ4v) is 3.43. The molecule has 3 N–H and O–H groups in total. The Balaban J connectivity index is 1.73. The average molecular weight is 443 g/mol. The smallest absolute Gasteiger partial charge is 0.251 e. The van der Waals surface area contributed by atoms with Crippen molar-refractivity contribution in [2.45, 2.75) is 39.0 Å². The molecular formula is C25H34N2O5. The number of rotatable bonds is 6. The highest BCUT2D eigenvalue weighted by Crippen LogP contribution is 2.24. The summed E-state index contributed by atoms with van der Waals surface area (Å²) in [5, 5.41) is 16.2. The fraction of sp³-hybridized carbons (Fsp3) is 0.480. The number of aliphatic hydroxyl groups is 1.